The van der Waals surface area contributed by atoms with Gasteiger partial charge < -0.3 is 11.1 Å². The van der Waals surface area contributed by atoms with E-state index in [0.29, 0.717) is 24.1 Å². The second-order valence-electron chi connectivity index (χ2n) is 6.23. The number of sulfonamides is 1. The van der Waals surface area contributed by atoms with Crippen LogP contribution in [0.25, 0.3) is 0 Å². The average molecular weight is 393 g/mol. The number of nitrogens with one attached hydrogen (secondary N) is 2. The Morgan fingerprint density at radius 3 is 2.63 bits per heavy atom. The van der Waals surface area contributed by atoms with E-state index in [4.69, 9.17) is 5.73 Å². The molecule has 2 rings (SSSR count). The fourth-order valence-electron chi connectivity index (χ4n) is 2.49. The van der Waals surface area contributed by atoms with E-state index in [1.165, 1.54) is 18.2 Å². The summed E-state index contributed by atoms with van der Waals surface area (Å²) in [4.78, 5) is 12.4. The van der Waals surface area contributed by atoms with E-state index >= 15 is 0 Å². The minimum absolute atomic E-state index is 0.0489. The maximum Gasteiger partial charge on any atom is 0.240 e. The number of anilines is 1. The summed E-state index contributed by atoms with van der Waals surface area (Å²) < 4.78 is 40.3. The number of hydrogen-bond donors (Lipinski definition) is 3. The fraction of sp³-hybridized carbons (Fsp3) is 0.316. The van der Waals surface area contributed by atoms with Gasteiger partial charge in [0.1, 0.15) is 5.82 Å². The average Bonchev–Trinajstić information content (AvgIpc) is 2.65. The molecule has 0 aliphatic rings. The molecule has 146 valence electrons. The number of hydrogen-bond acceptors (Lipinski definition) is 4. The molecule has 0 heterocycles. The van der Waals surface area contributed by atoms with Gasteiger partial charge in [-0.15, -0.1) is 0 Å². The van der Waals surface area contributed by atoms with E-state index in [-0.39, 0.29) is 35.6 Å². The Morgan fingerprint density at radius 2 is 1.93 bits per heavy atom. The SMILES string of the molecule is CC(CCc1ccccc1F)C(=O)Nc1cccc(S(=O)(=O)NCCN)c1. The highest BCUT2D eigenvalue weighted by atomic mass is 32.2. The summed E-state index contributed by atoms with van der Waals surface area (Å²) in [5.41, 5.74) is 6.26. The molecule has 0 bridgehead atoms. The topological polar surface area (TPSA) is 101 Å². The van der Waals surface area contributed by atoms with Crippen molar-refractivity contribution in [1.82, 2.24) is 4.72 Å². The summed E-state index contributed by atoms with van der Waals surface area (Å²) in [5.74, 6) is -0.899. The van der Waals surface area contributed by atoms with Crippen molar-refractivity contribution < 1.29 is 17.6 Å². The van der Waals surface area contributed by atoms with E-state index in [1.807, 2.05) is 0 Å². The third kappa shape index (κ3) is 6.13. The van der Waals surface area contributed by atoms with Crippen molar-refractivity contribution in [3.63, 3.8) is 0 Å². The number of amides is 1. The van der Waals surface area contributed by atoms with Gasteiger partial charge in [-0.05, 0) is 42.7 Å². The van der Waals surface area contributed by atoms with E-state index in [0.717, 1.165) is 0 Å². The zero-order chi connectivity index (χ0) is 19.9. The molecule has 1 atom stereocenters. The number of nitrogens with two attached hydrogens (primary N) is 1. The highest BCUT2D eigenvalue weighted by Crippen LogP contribution is 2.18. The van der Waals surface area contributed by atoms with Gasteiger partial charge >= 0.3 is 0 Å². The molecule has 1 amide bonds. The van der Waals surface area contributed by atoms with Gasteiger partial charge in [-0.3, -0.25) is 4.79 Å². The van der Waals surface area contributed by atoms with Gasteiger partial charge in [0.15, 0.2) is 0 Å². The number of carbonyl (C=O) groups excluding carboxylic acids is 1. The van der Waals surface area contributed by atoms with E-state index < -0.39 is 10.0 Å². The van der Waals surface area contributed by atoms with Gasteiger partial charge in [0.2, 0.25) is 15.9 Å². The van der Waals surface area contributed by atoms with Crippen LogP contribution in [0.3, 0.4) is 0 Å². The van der Waals surface area contributed by atoms with Gasteiger partial charge in [-0.2, -0.15) is 0 Å². The molecule has 0 aromatic heterocycles. The third-order valence-electron chi connectivity index (χ3n) is 4.10. The van der Waals surface area contributed by atoms with Crippen LogP contribution in [0.1, 0.15) is 18.9 Å². The third-order valence-corrected chi connectivity index (χ3v) is 5.56. The Bertz CT molecular complexity index is 887. The monoisotopic (exact) mass is 393 g/mol. The second-order valence-corrected chi connectivity index (χ2v) is 8.00. The molecule has 0 aliphatic heterocycles. The molecule has 8 heteroatoms. The van der Waals surface area contributed by atoms with Gasteiger partial charge in [0, 0.05) is 24.7 Å². The van der Waals surface area contributed by atoms with Gasteiger partial charge in [0.05, 0.1) is 4.90 Å². The maximum absolute atomic E-state index is 13.7. The maximum atomic E-state index is 13.7. The molecule has 0 spiro atoms. The van der Waals surface area contributed by atoms with Crippen LogP contribution < -0.4 is 15.8 Å². The van der Waals surface area contributed by atoms with Gasteiger partial charge in [-0.25, -0.2) is 17.5 Å². The van der Waals surface area contributed by atoms with E-state index in [2.05, 4.69) is 10.0 Å². The quantitative estimate of drug-likeness (QED) is 0.608. The van der Waals surface area contributed by atoms with Crippen LogP contribution in [-0.2, 0) is 21.2 Å². The predicted molar refractivity (Wildman–Crippen MR) is 103 cm³/mol. The molecule has 6 nitrogen and oxygen atoms in total. The normalized spacial score (nSPS) is 12.6. The van der Waals surface area contributed by atoms with Gasteiger partial charge in [0.25, 0.3) is 0 Å². The largest absolute Gasteiger partial charge is 0.329 e. The predicted octanol–water partition coefficient (Wildman–Crippen LogP) is 2.27. The zero-order valence-corrected chi connectivity index (χ0v) is 15.9. The first-order valence-electron chi connectivity index (χ1n) is 8.67. The molecule has 0 fully saturated rings. The highest BCUT2D eigenvalue weighted by Gasteiger charge is 2.17. The first kappa shape index (κ1) is 21.0. The van der Waals surface area contributed by atoms with Crippen molar-refractivity contribution in [2.75, 3.05) is 18.4 Å². The Hall–Kier alpha value is -2.29. The van der Waals surface area contributed by atoms with Crippen LogP contribution in [-0.4, -0.2) is 27.4 Å². The first-order chi connectivity index (χ1) is 12.8. The molecule has 0 aliphatic carbocycles. The van der Waals surface area contributed by atoms with Gasteiger partial charge in [-0.1, -0.05) is 31.2 Å². The summed E-state index contributed by atoms with van der Waals surface area (Å²) >= 11 is 0. The molecular formula is C19H24FN3O3S. The standard InChI is InChI=1S/C19H24FN3O3S/c1-14(9-10-15-5-2-3-8-18(15)20)19(24)23-16-6-4-7-17(13-16)27(25,26)22-12-11-21/h2-8,13-14,22H,9-12,21H2,1H3,(H,23,24). The lowest BCUT2D eigenvalue weighted by molar-refractivity contribution is -0.119. The lowest BCUT2D eigenvalue weighted by atomic mass is 10.00. The number of carbonyl (C=O) groups is 1. The molecule has 2 aromatic carbocycles. The minimum Gasteiger partial charge on any atom is -0.329 e. The van der Waals surface area contributed by atoms with Crippen LogP contribution in [0.5, 0.6) is 0 Å². The van der Waals surface area contributed by atoms with E-state index in [9.17, 15) is 17.6 Å². The second kappa shape index (κ2) is 9.59. The Balaban J connectivity index is 1.98. The van der Waals surface area contributed by atoms with E-state index in [1.54, 1.807) is 37.3 Å². The molecule has 0 radical (unpaired) electrons. The van der Waals surface area contributed by atoms with Crippen LogP contribution >= 0.6 is 0 Å². The van der Waals surface area contributed by atoms with Crippen LogP contribution in [0, 0.1) is 11.7 Å². The Morgan fingerprint density at radius 1 is 1.19 bits per heavy atom. The summed E-state index contributed by atoms with van der Waals surface area (Å²) in [6.07, 6.45) is 0.918. The van der Waals surface area contributed by atoms with Crippen LogP contribution in [0.2, 0.25) is 0 Å². The first-order valence-corrected chi connectivity index (χ1v) is 10.2. The smallest absolute Gasteiger partial charge is 0.240 e. The molecule has 27 heavy (non-hydrogen) atoms. The Kier molecular flexibility index (Phi) is 7.46. The fourth-order valence-corrected chi connectivity index (χ4v) is 3.58. The summed E-state index contributed by atoms with van der Waals surface area (Å²) in [6.45, 7) is 2.07. The highest BCUT2D eigenvalue weighted by molar-refractivity contribution is 7.89. The zero-order valence-electron chi connectivity index (χ0n) is 15.1. The Labute approximate surface area is 159 Å². The van der Waals surface area contributed by atoms with Crippen molar-refractivity contribution >= 4 is 21.6 Å². The molecule has 0 saturated carbocycles. The van der Waals surface area contributed by atoms with Crippen LogP contribution in [0.15, 0.2) is 53.4 Å². The van der Waals surface area contributed by atoms with Crippen molar-refractivity contribution in [3.8, 4) is 0 Å². The van der Waals surface area contributed by atoms with Crippen molar-refractivity contribution in [1.29, 1.82) is 0 Å². The molecule has 4 N–H and O–H groups in total. The number of aryl methyl sites for hydroxylation is 1. The molecule has 2 aromatic rings. The number of benzene rings is 2. The minimum atomic E-state index is -3.67. The van der Waals surface area contributed by atoms with Crippen molar-refractivity contribution in [3.05, 3.63) is 59.9 Å². The number of halogens is 1. The molecule has 1 unspecified atom stereocenters. The molecular weight excluding hydrogens is 369 g/mol. The lowest BCUT2D eigenvalue weighted by Gasteiger charge is -2.13. The lowest BCUT2D eigenvalue weighted by Crippen LogP contribution is -2.29. The van der Waals surface area contributed by atoms with Crippen molar-refractivity contribution in [2.45, 2.75) is 24.7 Å². The summed E-state index contributed by atoms with van der Waals surface area (Å²) in [7, 11) is -3.67. The van der Waals surface area contributed by atoms with Crippen LogP contribution in [0.4, 0.5) is 10.1 Å². The summed E-state index contributed by atoms with van der Waals surface area (Å²) in [6, 6.07) is 12.5. The van der Waals surface area contributed by atoms with Crippen molar-refractivity contribution in [2.24, 2.45) is 11.7 Å². The summed E-state index contributed by atoms with van der Waals surface area (Å²) in [5, 5.41) is 2.71. The number of rotatable bonds is 9. The molecule has 0 saturated heterocycles.